The highest BCUT2D eigenvalue weighted by Gasteiger charge is 2.26. The smallest absolute Gasteiger partial charge is 0.246 e. The molecular weight excluding hydrogens is 256 g/mol. The summed E-state index contributed by atoms with van der Waals surface area (Å²) in [5.41, 5.74) is 1.68. The minimum absolute atomic E-state index is 0.0689. The number of nitrogens with zero attached hydrogens (tertiary/aromatic N) is 2. The molecule has 1 saturated heterocycles. The average Bonchev–Trinajstić information content (AvgIpc) is 3.10. The maximum absolute atomic E-state index is 11.9. The molecule has 6 nitrogen and oxygen atoms in total. The first-order chi connectivity index (χ1) is 9.72. The van der Waals surface area contributed by atoms with Gasteiger partial charge in [-0.3, -0.25) is 9.59 Å². The van der Waals surface area contributed by atoms with Gasteiger partial charge in [-0.25, -0.2) is 4.98 Å². The number of hydrogen-bond acceptors (Lipinski definition) is 3. The number of carbonyl (C=O) groups is 2. The van der Waals surface area contributed by atoms with Gasteiger partial charge in [0, 0.05) is 30.2 Å². The number of benzene rings is 1. The normalized spacial score (nSPS) is 17.8. The third kappa shape index (κ3) is 2.54. The molecule has 2 heterocycles. The Hall–Kier alpha value is -2.63. The molecule has 102 valence electrons. The summed E-state index contributed by atoms with van der Waals surface area (Å²) in [4.78, 5) is 27.0. The van der Waals surface area contributed by atoms with Gasteiger partial charge in [-0.05, 0) is 30.7 Å². The van der Waals surface area contributed by atoms with Crippen molar-refractivity contribution in [2.45, 2.75) is 18.9 Å². The molecule has 2 N–H and O–H groups in total. The summed E-state index contributed by atoms with van der Waals surface area (Å²) in [7, 11) is 0. The molecule has 20 heavy (non-hydrogen) atoms. The first kappa shape index (κ1) is 12.4. The topological polar surface area (TPSA) is 76.0 Å². The molecule has 1 aromatic heterocycles. The largest absolute Gasteiger partial charge is 0.344 e. The lowest BCUT2D eigenvalue weighted by molar-refractivity contribution is -0.122. The number of amides is 2. The molecule has 0 radical (unpaired) electrons. The number of anilines is 1. The molecule has 2 amide bonds. The molecule has 1 aliphatic rings. The highest BCUT2D eigenvalue weighted by molar-refractivity contribution is 5.98. The van der Waals surface area contributed by atoms with Gasteiger partial charge < -0.3 is 15.2 Å². The average molecular weight is 270 g/mol. The fraction of sp³-hybridized carbons (Fsp3) is 0.214. The van der Waals surface area contributed by atoms with Crippen molar-refractivity contribution < 1.29 is 9.59 Å². The van der Waals surface area contributed by atoms with Gasteiger partial charge in [-0.1, -0.05) is 0 Å². The number of carbonyl (C=O) groups excluding carboxylic acids is 2. The molecule has 0 aliphatic carbocycles. The predicted octanol–water partition coefficient (Wildman–Crippen LogP) is 1.09. The monoisotopic (exact) mass is 270 g/mol. The predicted molar refractivity (Wildman–Crippen MR) is 73.4 cm³/mol. The van der Waals surface area contributed by atoms with Crippen molar-refractivity contribution in [3.8, 4) is 5.69 Å². The Labute approximate surface area is 115 Å². The van der Waals surface area contributed by atoms with Crippen molar-refractivity contribution in [1.29, 1.82) is 0 Å². The van der Waals surface area contributed by atoms with Crippen LogP contribution in [0.2, 0.25) is 0 Å². The second-order valence-corrected chi connectivity index (χ2v) is 4.66. The van der Waals surface area contributed by atoms with E-state index in [2.05, 4.69) is 15.6 Å². The summed E-state index contributed by atoms with van der Waals surface area (Å²) < 4.78 is 1.88. The highest BCUT2D eigenvalue weighted by Crippen LogP contribution is 2.15. The summed E-state index contributed by atoms with van der Waals surface area (Å²) in [6, 6.07) is 7.01. The van der Waals surface area contributed by atoms with Crippen LogP contribution >= 0.6 is 0 Å². The van der Waals surface area contributed by atoms with Crippen LogP contribution in [0.3, 0.4) is 0 Å². The molecule has 1 atom stereocenters. The van der Waals surface area contributed by atoms with Gasteiger partial charge in [0.1, 0.15) is 6.04 Å². The minimum atomic E-state index is -0.421. The van der Waals surface area contributed by atoms with E-state index in [1.165, 1.54) is 0 Å². The van der Waals surface area contributed by atoms with Crippen LogP contribution in [0.1, 0.15) is 12.8 Å². The number of aromatic nitrogens is 2. The van der Waals surface area contributed by atoms with E-state index in [0.29, 0.717) is 18.5 Å². The van der Waals surface area contributed by atoms with Crippen molar-refractivity contribution in [2.24, 2.45) is 0 Å². The fourth-order valence-corrected chi connectivity index (χ4v) is 2.17. The maximum atomic E-state index is 11.9. The van der Waals surface area contributed by atoms with Gasteiger partial charge in [0.2, 0.25) is 11.8 Å². The van der Waals surface area contributed by atoms with E-state index >= 15 is 0 Å². The van der Waals surface area contributed by atoms with Crippen LogP contribution in [0.25, 0.3) is 5.69 Å². The summed E-state index contributed by atoms with van der Waals surface area (Å²) in [5, 5.41) is 5.44. The van der Waals surface area contributed by atoms with Gasteiger partial charge in [-0.15, -0.1) is 0 Å². The molecule has 1 unspecified atom stereocenters. The third-order valence-electron chi connectivity index (χ3n) is 3.25. The molecule has 1 fully saturated rings. The molecular formula is C14H14N4O2. The molecule has 3 rings (SSSR count). The first-order valence-electron chi connectivity index (χ1n) is 6.41. The lowest BCUT2D eigenvalue weighted by Crippen LogP contribution is -2.37. The van der Waals surface area contributed by atoms with Gasteiger partial charge in [-0.2, -0.15) is 0 Å². The van der Waals surface area contributed by atoms with Crippen LogP contribution in [-0.4, -0.2) is 27.4 Å². The molecule has 2 aromatic rings. The fourth-order valence-electron chi connectivity index (χ4n) is 2.17. The summed E-state index contributed by atoms with van der Waals surface area (Å²) in [6.07, 6.45) is 6.23. The lowest BCUT2D eigenvalue weighted by atomic mass is 10.2. The quantitative estimate of drug-likeness (QED) is 0.876. The van der Waals surface area contributed by atoms with Gasteiger partial charge in [0.25, 0.3) is 0 Å². The van der Waals surface area contributed by atoms with Gasteiger partial charge in [0.15, 0.2) is 0 Å². The Balaban J connectivity index is 1.66. The standard InChI is InChI=1S/C14H14N4O2/c19-13-6-5-12(17-13)14(20)16-10-1-3-11(4-2-10)18-8-7-15-9-18/h1-4,7-9,12H,5-6H2,(H,16,20)(H,17,19). The highest BCUT2D eigenvalue weighted by atomic mass is 16.2. The first-order valence-corrected chi connectivity index (χ1v) is 6.41. The van der Waals surface area contributed by atoms with E-state index in [-0.39, 0.29) is 11.8 Å². The third-order valence-corrected chi connectivity index (χ3v) is 3.25. The van der Waals surface area contributed by atoms with E-state index in [0.717, 1.165) is 5.69 Å². The molecule has 6 heteroatoms. The Morgan fingerprint density at radius 2 is 2.15 bits per heavy atom. The zero-order chi connectivity index (χ0) is 13.9. The zero-order valence-corrected chi connectivity index (χ0v) is 10.7. The van der Waals surface area contributed by atoms with Crippen molar-refractivity contribution >= 4 is 17.5 Å². The Kier molecular flexibility index (Phi) is 3.20. The number of imidazole rings is 1. The van der Waals surface area contributed by atoms with Crippen molar-refractivity contribution in [2.75, 3.05) is 5.32 Å². The van der Waals surface area contributed by atoms with Crippen LogP contribution in [0.5, 0.6) is 0 Å². The molecule has 0 spiro atoms. The van der Waals surface area contributed by atoms with Crippen molar-refractivity contribution in [3.63, 3.8) is 0 Å². The SMILES string of the molecule is O=C1CCC(C(=O)Nc2ccc(-n3ccnc3)cc2)N1. The Morgan fingerprint density at radius 1 is 1.35 bits per heavy atom. The summed E-state index contributed by atoms with van der Waals surface area (Å²) in [5.74, 6) is -0.244. The number of hydrogen-bond donors (Lipinski definition) is 2. The van der Waals surface area contributed by atoms with Crippen molar-refractivity contribution in [1.82, 2.24) is 14.9 Å². The lowest BCUT2D eigenvalue weighted by Gasteiger charge is -2.11. The van der Waals surface area contributed by atoms with Crippen LogP contribution in [0.15, 0.2) is 43.0 Å². The molecule has 0 saturated carbocycles. The van der Waals surface area contributed by atoms with Crippen molar-refractivity contribution in [3.05, 3.63) is 43.0 Å². The second kappa shape index (κ2) is 5.16. The second-order valence-electron chi connectivity index (χ2n) is 4.66. The minimum Gasteiger partial charge on any atom is -0.344 e. The van der Waals surface area contributed by atoms with E-state index in [9.17, 15) is 9.59 Å². The van der Waals surface area contributed by atoms with E-state index in [1.54, 1.807) is 12.5 Å². The van der Waals surface area contributed by atoms with E-state index < -0.39 is 6.04 Å². The maximum Gasteiger partial charge on any atom is 0.246 e. The van der Waals surface area contributed by atoms with E-state index in [4.69, 9.17) is 0 Å². The molecule has 0 bridgehead atoms. The Morgan fingerprint density at radius 3 is 2.75 bits per heavy atom. The van der Waals surface area contributed by atoms with Crippen LogP contribution in [-0.2, 0) is 9.59 Å². The van der Waals surface area contributed by atoms with Crippen LogP contribution in [0.4, 0.5) is 5.69 Å². The van der Waals surface area contributed by atoms with Gasteiger partial charge >= 0.3 is 0 Å². The van der Waals surface area contributed by atoms with E-state index in [1.807, 2.05) is 35.0 Å². The molecule has 1 aliphatic heterocycles. The van der Waals surface area contributed by atoms with Crippen LogP contribution in [0, 0.1) is 0 Å². The Bertz CT molecular complexity index is 619. The van der Waals surface area contributed by atoms with Gasteiger partial charge in [0.05, 0.1) is 6.33 Å². The summed E-state index contributed by atoms with van der Waals surface area (Å²) in [6.45, 7) is 0. The zero-order valence-electron chi connectivity index (χ0n) is 10.7. The number of rotatable bonds is 3. The van der Waals surface area contributed by atoms with Crippen LogP contribution < -0.4 is 10.6 Å². The molecule has 1 aromatic carbocycles. The number of nitrogens with one attached hydrogen (secondary N) is 2. The summed E-state index contributed by atoms with van der Waals surface area (Å²) >= 11 is 0.